The Kier molecular flexibility index (Phi) is 8.93. The van der Waals surface area contributed by atoms with Gasteiger partial charge in [0.2, 0.25) is 0 Å². The Morgan fingerprint density at radius 3 is 1.94 bits per heavy atom. The molecule has 6 heteroatoms. The van der Waals surface area contributed by atoms with Gasteiger partial charge in [-0.2, -0.15) is 0 Å². The van der Waals surface area contributed by atoms with E-state index in [9.17, 15) is 9.36 Å². The maximum Gasteiger partial charge on any atom is 0.328 e. The third-order valence-electron chi connectivity index (χ3n) is 5.67. The lowest BCUT2D eigenvalue weighted by atomic mass is 9.78. The van der Waals surface area contributed by atoms with Crippen molar-refractivity contribution in [2.75, 3.05) is 20.9 Å². The molecule has 0 radical (unpaired) electrons. The van der Waals surface area contributed by atoms with Gasteiger partial charge < -0.3 is 9.26 Å². The van der Waals surface area contributed by atoms with Crippen molar-refractivity contribution in [1.29, 1.82) is 0 Å². The molecule has 0 bridgehead atoms. The summed E-state index contributed by atoms with van der Waals surface area (Å²) in [5.74, 6) is 0.513. The molecule has 176 valence electrons. The van der Waals surface area contributed by atoms with Crippen LogP contribution in [0.15, 0.2) is 18.2 Å². The number of methoxy groups -OCH3 is 1. The van der Waals surface area contributed by atoms with E-state index >= 15 is 0 Å². The van der Waals surface area contributed by atoms with E-state index in [1.807, 2.05) is 13.8 Å². The van der Waals surface area contributed by atoms with Crippen LogP contribution >= 0.6 is 7.60 Å². The van der Waals surface area contributed by atoms with Crippen molar-refractivity contribution in [3.8, 4) is 5.75 Å². The summed E-state index contributed by atoms with van der Waals surface area (Å²) in [4.78, 5) is 13.2. The third kappa shape index (κ3) is 6.78. The van der Waals surface area contributed by atoms with Crippen molar-refractivity contribution in [1.82, 2.24) is 0 Å². The Labute approximate surface area is 189 Å². The number of hydrogen-bond acceptors (Lipinski definition) is 5. The Morgan fingerprint density at radius 2 is 1.55 bits per heavy atom. The van der Waals surface area contributed by atoms with Crippen LogP contribution in [0.4, 0.5) is 0 Å². The van der Waals surface area contributed by atoms with Gasteiger partial charge in [-0.3, -0.25) is 13.9 Å². The summed E-state index contributed by atoms with van der Waals surface area (Å²) in [6.45, 7) is 18.0. The van der Waals surface area contributed by atoms with Gasteiger partial charge in [-0.15, -0.1) is 0 Å². The summed E-state index contributed by atoms with van der Waals surface area (Å²) in [6.07, 6.45) is 4.07. The molecule has 1 atom stereocenters. The summed E-state index contributed by atoms with van der Waals surface area (Å²) in [6, 6.07) is 4.26. The minimum atomic E-state index is -3.33. The van der Waals surface area contributed by atoms with Crippen molar-refractivity contribution < 1.29 is 23.1 Å². The largest absolute Gasteiger partial charge is 0.496 e. The molecule has 0 fully saturated rings. The molecule has 0 spiro atoms. The number of ether oxygens (including phenoxy) is 1. The van der Waals surface area contributed by atoms with Crippen LogP contribution in [0.5, 0.6) is 5.75 Å². The van der Waals surface area contributed by atoms with Gasteiger partial charge in [0.25, 0.3) is 0 Å². The van der Waals surface area contributed by atoms with Crippen molar-refractivity contribution in [3.63, 3.8) is 0 Å². The summed E-state index contributed by atoms with van der Waals surface area (Å²) >= 11 is 0. The van der Waals surface area contributed by atoms with Crippen LogP contribution in [0.25, 0.3) is 6.08 Å². The van der Waals surface area contributed by atoms with Gasteiger partial charge >= 0.3 is 7.60 Å². The van der Waals surface area contributed by atoms with E-state index < -0.39 is 13.2 Å². The van der Waals surface area contributed by atoms with Crippen LogP contribution in [0, 0.1) is 0 Å². The number of ketones is 1. The van der Waals surface area contributed by atoms with Crippen LogP contribution in [0.1, 0.15) is 84.9 Å². The Balaban J connectivity index is 3.58. The average Bonchev–Trinajstić information content (AvgIpc) is 2.68. The summed E-state index contributed by atoms with van der Waals surface area (Å²) in [5, 5.41) is 0. The molecule has 0 aliphatic carbocycles. The van der Waals surface area contributed by atoms with Gasteiger partial charge in [-0.1, -0.05) is 61.5 Å². The molecule has 0 amide bonds. The molecule has 31 heavy (non-hydrogen) atoms. The first-order chi connectivity index (χ1) is 14.1. The lowest BCUT2D eigenvalue weighted by Crippen LogP contribution is -2.38. The predicted molar refractivity (Wildman–Crippen MR) is 129 cm³/mol. The highest BCUT2D eigenvalue weighted by atomic mass is 31.2. The zero-order valence-corrected chi connectivity index (χ0v) is 22.1. The van der Waals surface area contributed by atoms with Gasteiger partial charge in [0.1, 0.15) is 11.4 Å². The minimum Gasteiger partial charge on any atom is -0.496 e. The molecular formula is C25H41O5P. The standard InChI is InChI=1S/C25H41O5P/c1-12-25(13-2,30-31(11,27)29-10)21(26)15-14-18-16-19(23(3,4)5)17-20(22(18)28-9)24(6,7)8/h14-17H,12-13H2,1-11H3. The van der Waals surface area contributed by atoms with Crippen molar-refractivity contribution >= 4 is 19.5 Å². The van der Waals surface area contributed by atoms with Gasteiger partial charge in [-0.05, 0) is 47.5 Å². The SMILES string of the molecule is CCC(CC)(OP(C)(=O)OC)C(=O)C=Cc1cc(C(C)(C)C)cc(C(C)(C)C)c1OC. The van der Waals surface area contributed by atoms with Crippen molar-refractivity contribution in [2.24, 2.45) is 0 Å². The Hall–Kier alpha value is -1.42. The zero-order chi connectivity index (χ0) is 24.3. The molecule has 0 heterocycles. The summed E-state index contributed by atoms with van der Waals surface area (Å²) in [5.41, 5.74) is 1.69. The highest BCUT2D eigenvalue weighted by molar-refractivity contribution is 7.53. The second-order valence-electron chi connectivity index (χ2n) is 10.1. The van der Waals surface area contributed by atoms with E-state index in [0.29, 0.717) is 12.8 Å². The van der Waals surface area contributed by atoms with Crippen molar-refractivity contribution in [2.45, 2.75) is 84.7 Å². The fraction of sp³-hybridized carbons (Fsp3) is 0.640. The first-order valence-corrected chi connectivity index (χ1v) is 12.9. The Bertz CT molecular complexity index is 852. The first-order valence-electron chi connectivity index (χ1n) is 10.9. The molecule has 1 rings (SSSR count). The molecular weight excluding hydrogens is 411 g/mol. The van der Waals surface area contributed by atoms with E-state index in [1.165, 1.54) is 19.9 Å². The fourth-order valence-corrected chi connectivity index (χ4v) is 4.50. The monoisotopic (exact) mass is 452 g/mol. The smallest absolute Gasteiger partial charge is 0.328 e. The normalized spacial score (nSPS) is 15.2. The summed E-state index contributed by atoms with van der Waals surface area (Å²) < 4.78 is 29.0. The first kappa shape index (κ1) is 27.6. The van der Waals surface area contributed by atoms with Gasteiger partial charge in [0, 0.05) is 24.9 Å². The minimum absolute atomic E-state index is 0.0636. The third-order valence-corrected chi connectivity index (χ3v) is 7.02. The van der Waals surface area contributed by atoms with Gasteiger partial charge in [-0.25, -0.2) is 0 Å². The molecule has 1 unspecified atom stereocenters. The lowest BCUT2D eigenvalue weighted by Gasteiger charge is -2.31. The van der Waals surface area contributed by atoms with Gasteiger partial charge in [0.05, 0.1) is 7.11 Å². The maximum atomic E-state index is 13.2. The van der Waals surface area contributed by atoms with Crippen LogP contribution < -0.4 is 4.74 Å². The predicted octanol–water partition coefficient (Wildman–Crippen LogP) is 6.92. The molecule has 1 aromatic carbocycles. The van der Waals surface area contributed by atoms with E-state index in [0.717, 1.165) is 22.4 Å². The van der Waals surface area contributed by atoms with E-state index in [-0.39, 0.29) is 16.6 Å². The maximum absolute atomic E-state index is 13.2. The second-order valence-corrected chi connectivity index (χ2v) is 12.2. The number of carbonyl (C=O) groups is 1. The fourth-order valence-electron chi connectivity index (χ4n) is 3.44. The molecule has 0 aliphatic heterocycles. The molecule has 5 nitrogen and oxygen atoms in total. The van der Waals surface area contributed by atoms with Crippen LogP contribution in [0.3, 0.4) is 0 Å². The lowest BCUT2D eigenvalue weighted by molar-refractivity contribution is -0.130. The molecule has 0 aliphatic rings. The quantitative estimate of drug-likeness (QED) is 0.301. The van der Waals surface area contributed by atoms with Crippen LogP contribution in [-0.4, -0.2) is 32.3 Å². The number of benzene rings is 1. The molecule has 0 saturated heterocycles. The Morgan fingerprint density at radius 1 is 1.00 bits per heavy atom. The average molecular weight is 453 g/mol. The van der Waals surface area contributed by atoms with E-state index in [4.69, 9.17) is 13.8 Å². The van der Waals surface area contributed by atoms with E-state index in [2.05, 4.69) is 53.7 Å². The molecule has 0 aromatic heterocycles. The highest BCUT2D eigenvalue weighted by Gasteiger charge is 2.40. The van der Waals surface area contributed by atoms with Crippen molar-refractivity contribution in [3.05, 3.63) is 34.9 Å². The number of rotatable bonds is 9. The highest BCUT2D eigenvalue weighted by Crippen LogP contribution is 2.49. The van der Waals surface area contributed by atoms with Gasteiger partial charge in [0.15, 0.2) is 5.78 Å². The van der Waals surface area contributed by atoms with Crippen LogP contribution in [0.2, 0.25) is 0 Å². The topological polar surface area (TPSA) is 61.8 Å². The number of hydrogen-bond donors (Lipinski definition) is 0. The molecule has 0 N–H and O–H groups in total. The molecule has 0 saturated carbocycles. The zero-order valence-electron chi connectivity index (χ0n) is 21.2. The van der Waals surface area contributed by atoms with Crippen LogP contribution in [-0.2, 0) is 29.2 Å². The molecule has 1 aromatic rings. The summed E-state index contributed by atoms with van der Waals surface area (Å²) in [7, 11) is -0.354. The number of carbonyl (C=O) groups excluding carboxylic acids is 1. The second kappa shape index (κ2) is 10.0. The van der Waals surface area contributed by atoms with E-state index in [1.54, 1.807) is 13.2 Å².